The average molecular weight is 486 g/mol. The van der Waals surface area contributed by atoms with E-state index in [1.807, 2.05) is 6.92 Å². The molecule has 0 atom stereocenters. The van der Waals surface area contributed by atoms with Gasteiger partial charge in [0.05, 0.1) is 30.0 Å². The van der Waals surface area contributed by atoms with Crippen molar-refractivity contribution in [1.82, 2.24) is 20.1 Å². The van der Waals surface area contributed by atoms with Crippen LogP contribution in [0.4, 0.5) is 10.1 Å². The molecule has 34 heavy (non-hydrogen) atoms. The van der Waals surface area contributed by atoms with Crippen molar-refractivity contribution in [2.75, 3.05) is 17.7 Å². The Morgan fingerprint density at radius 3 is 2.68 bits per heavy atom. The molecule has 3 aromatic rings. The Balaban J connectivity index is 1.51. The van der Waals surface area contributed by atoms with E-state index in [9.17, 15) is 18.8 Å². The molecule has 0 fully saturated rings. The lowest BCUT2D eigenvalue weighted by atomic mass is 10.2. The number of anilines is 1. The van der Waals surface area contributed by atoms with E-state index < -0.39 is 17.7 Å². The summed E-state index contributed by atoms with van der Waals surface area (Å²) in [6.45, 7) is 2.28. The van der Waals surface area contributed by atoms with E-state index in [-0.39, 0.29) is 23.8 Å². The number of carbonyl (C=O) groups is 3. The van der Waals surface area contributed by atoms with Gasteiger partial charge in [0.2, 0.25) is 5.91 Å². The minimum Gasteiger partial charge on any atom is -0.462 e. The zero-order valence-electron chi connectivity index (χ0n) is 18.7. The Labute approximate surface area is 200 Å². The highest BCUT2D eigenvalue weighted by molar-refractivity contribution is 7.99. The summed E-state index contributed by atoms with van der Waals surface area (Å²) in [5, 5.41) is 13.9. The Morgan fingerprint density at radius 1 is 1.12 bits per heavy atom. The molecule has 0 unspecified atom stereocenters. The smallest absolute Gasteiger partial charge is 0.338 e. The molecule has 2 aromatic carbocycles. The lowest BCUT2D eigenvalue weighted by Gasteiger charge is -2.08. The molecule has 0 bridgehead atoms. The van der Waals surface area contributed by atoms with Gasteiger partial charge in [-0.2, -0.15) is 0 Å². The van der Waals surface area contributed by atoms with Crippen LogP contribution in [0.3, 0.4) is 0 Å². The van der Waals surface area contributed by atoms with Crippen LogP contribution in [0.2, 0.25) is 0 Å². The summed E-state index contributed by atoms with van der Waals surface area (Å²) in [5.41, 5.74) is 0.777. The zero-order valence-corrected chi connectivity index (χ0v) is 19.5. The molecule has 11 heteroatoms. The molecule has 3 rings (SSSR count). The van der Waals surface area contributed by atoms with Crippen molar-refractivity contribution < 1.29 is 23.5 Å². The number of nitrogens with zero attached hydrogens (tertiary/aromatic N) is 3. The van der Waals surface area contributed by atoms with Gasteiger partial charge in [0.1, 0.15) is 5.82 Å². The lowest BCUT2D eigenvalue weighted by molar-refractivity contribution is -0.113. The number of thioether (sulfide) groups is 1. The Morgan fingerprint density at radius 2 is 1.91 bits per heavy atom. The predicted molar refractivity (Wildman–Crippen MR) is 125 cm³/mol. The van der Waals surface area contributed by atoms with Crippen molar-refractivity contribution in [1.29, 1.82) is 0 Å². The van der Waals surface area contributed by atoms with Crippen LogP contribution >= 0.6 is 11.8 Å². The maximum Gasteiger partial charge on any atom is 0.338 e. The number of halogens is 1. The largest absolute Gasteiger partial charge is 0.462 e. The minimum absolute atomic E-state index is 0.0460. The van der Waals surface area contributed by atoms with Crippen LogP contribution in [0, 0.1) is 5.82 Å². The predicted octanol–water partition coefficient (Wildman–Crippen LogP) is 3.18. The molecule has 0 aliphatic carbocycles. The van der Waals surface area contributed by atoms with Crippen LogP contribution < -0.4 is 10.6 Å². The third-order valence-electron chi connectivity index (χ3n) is 4.60. The maximum absolute atomic E-state index is 13.7. The van der Waals surface area contributed by atoms with E-state index in [1.54, 1.807) is 41.9 Å². The van der Waals surface area contributed by atoms with Crippen molar-refractivity contribution in [2.24, 2.45) is 7.05 Å². The molecule has 0 radical (unpaired) electrons. The van der Waals surface area contributed by atoms with Crippen LogP contribution in [-0.4, -0.2) is 44.9 Å². The summed E-state index contributed by atoms with van der Waals surface area (Å²) in [4.78, 5) is 36.5. The molecule has 1 heterocycles. The molecule has 9 nitrogen and oxygen atoms in total. The fourth-order valence-electron chi connectivity index (χ4n) is 2.85. The number of hydrogen-bond acceptors (Lipinski definition) is 7. The van der Waals surface area contributed by atoms with Crippen LogP contribution in [0.1, 0.15) is 39.9 Å². The van der Waals surface area contributed by atoms with Crippen molar-refractivity contribution in [2.45, 2.75) is 25.0 Å². The normalized spacial score (nSPS) is 10.6. The second-order valence-corrected chi connectivity index (χ2v) is 8.12. The highest BCUT2D eigenvalue weighted by Gasteiger charge is 2.15. The maximum atomic E-state index is 13.7. The summed E-state index contributed by atoms with van der Waals surface area (Å²) < 4.78 is 20.5. The Hall–Kier alpha value is -3.73. The first-order chi connectivity index (χ1) is 16.4. The van der Waals surface area contributed by atoms with Crippen molar-refractivity contribution in [3.63, 3.8) is 0 Å². The van der Waals surface area contributed by atoms with Crippen LogP contribution in [0.5, 0.6) is 0 Å². The van der Waals surface area contributed by atoms with Gasteiger partial charge in [0.15, 0.2) is 11.0 Å². The zero-order chi connectivity index (χ0) is 24.5. The molecule has 0 saturated carbocycles. The van der Waals surface area contributed by atoms with E-state index in [2.05, 4.69) is 20.8 Å². The van der Waals surface area contributed by atoms with E-state index in [1.165, 1.54) is 18.2 Å². The van der Waals surface area contributed by atoms with Crippen molar-refractivity contribution in [3.8, 4) is 0 Å². The second-order valence-electron chi connectivity index (χ2n) is 7.17. The van der Waals surface area contributed by atoms with Crippen molar-refractivity contribution in [3.05, 3.63) is 71.3 Å². The number of hydrogen-bond donors (Lipinski definition) is 2. The third-order valence-corrected chi connectivity index (χ3v) is 5.62. The SMILES string of the molecule is CCCOC(=O)c1cccc(NC(=O)CSc2nnc(CNC(=O)c3ccccc3F)n2C)c1. The van der Waals surface area contributed by atoms with Gasteiger partial charge in [-0.25, -0.2) is 9.18 Å². The number of ether oxygens (including phenoxy) is 1. The first-order valence-electron chi connectivity index (χ1n) is 10.5. The molecule has 1 aromatic heterocycles. The first kappa shape index (κ1) is 24.9. The first-order valence-corrected chi connectivity index (χ1v) is 11.5. The van der Waals surface area contributed by atoms with Gasteiger partial charge in [-0.05, 0) is 36.8 Å². The topological polar surface area (TPSA) is 115 Å². The van der Waals surface area contributed by atoms with Crippen LogP contribution in [0.15, 0.2) is 53.7 Å². The molecule has 0 saturated heterocycles. The van der Waals surface area contributed by atoms with E-state index >= 15 is 0 Å². The van der Waals surface area contributed by atoms with Gasteiger partial charge in [-0.3, -0.25) is 9.59 Å². The summed E-state index contributed by atoms with van der Waals surface area (Å²) in [6.07, 6.45) is 0.723. The minimum atomic E-state index is -0.608. The quantitative estimate of drug-likeness (QED) is 0.335. The fourth-order valence-corrected chi connectivity index (χ4v) is 3.58. The molecular formula is C23H24FN5O4S. The van der Waals surface area contributed by atoms with Gasteiger partial charge >= 0.3 is 5.97 Å². The van der Waals surface area contributed by atoms with E-state index in [0.717, 1.165) is 18.2 Å². The standard InChI is InChI=1S/C23H24FN5O4S/c1-3-11-33-22(32)15-7-6-8-16(12-15)26-20(30)14-34-23-28-27-19(29(23)2)13-25-21(31)17-9-4-5-10-18(17)24/h4-10,12H,3,11,13-14H2,1-2H3,(H,25,31)(H,26,30). The second kappa shape index (κ2) is 11.9. The lowest BCUT2D eigenvalue weighted by Crippen LogP contribution is -2.25. The Kier molecular flexibility index (Phi) is 8.74. The van der Waals surface area contributed by atoms with Gasteiger partial charge < -0.3 is 19.9 Å². The number of amides is 2. The number of carbonyl (C=O) groups excluding carboxylic acids is 3. The number of esters is 1. The van der Waals surface area contributed by atoms with E-state index in [0.29, 0.717) is 28.8 Å². The van der Waals surface area contributed by atoms with Gasteiger partial charge in [0.25, 0.3) is 5.91 Å². The Bertz CT molecular complexity index is 1180. The number of benzene rings is 2. The molecule has 2 amide bonds. The average Bonchev–Trinajstić information content (AvgIpc) is 3.19. The van der Waals surface area contributed by atoms with Crippen LogP contribution in [-0.2, 0) is 23.1 Å². The molecule has 178 valence electrons. The van der Waals surface area contributed by atoms with Crippen LogP contribution in [0.25, 0.3) is 0 Å². The highest BCUT2D eigenvalue weighted by Crippen LogP contribution is 2.17. The van der Waals surface area contributed by atoms with E-state index in [4.69, 9.17) is 4.74 Å². The van der Waals surface area contributed by atoms with Gasteiger partial charge in [0, 0.05) is 12.7 Å². The van der Waals surface area contributed by atoms with Gasteiger partial charge in [-0.1, -0.05) is 36.9 Å². The number of nitrogens with one attached hydrogen (secondary N) is 2. The summed E-state index contributed by atoms with van der Waals surface area (Å²) >= 11 is 1.16. The molecule has 2 N–H and O–H groups in total. The fraction of sp³-hybridized carbons (Fsp3) is 0.261. The monoisotopic (exact) mass is 485 g/mol. The summed E-state index contributed by atoms with van der Waals surface area (Å²) in [7, 11) is 1.70. The molecular weight excluding hydrogens is 461 g/mol. The summed E-state index contributed by atoms with van der Waals surface area (Å²) in [6, 6.07) is 12.2. The molecule has 0 aliphatic heterocycles. The third kappa shape index (κ3) is 6.64. The van der Waals surface area contributed by atoms with Crippen molar-refractivity contribution >= 4 is 35.2 Å². The summed E-state index contributed by atoms with van der Waals surface area (Å²) in [5.74, 6) is -1.40. The molecule has 0 spiro atoms. The number of rotatable bonds is 10. The number of aromatic nitrogens is 3. The molecule has 0 aliphatic rings. The highest BCUT2D eigenvalue weighted by atomic mass is 32.2. The van der Waals surface area contributed by atoms with Gasteiger partial charge in [-0.15, -0.1) is 10.2 Å².